The molecule has 0 unspecified atom stereocenters. The summed E-state index contributed by atoms with van der Waals surface area (Å²) in [7, 11) is 1.58. The highest BCUT2D eigenvalue weighted by Gasteiger charge is 2.20. The van der Waals surface area contributed by atoms with E-state index in [2.05, 4.69) is 16.9 Å². The van der Waals surface area contributed by atoms with Gasteiger partial charge in [0, 0.05) is 18.0 Å². The standard InChI is InChI=1S/C18H20N2O4/c1-5-8-19-17(21)12(3)24-18(22)15-9-13-6-7-14(23-4)10-16(13)20-11(15)2/h5-7,9-10,12H,1,8H2,2-4H3,(H,19,21)/t12-/m1/s1. The number of nitrogens with one attached hydrogen (secondary N) is 1. The fourth-order valence-corrected chi connectivity index (χ4v) is 2.17. The summed E-state index contributed by atoms with van der Waals surface area (Å²) < 4.78 is 10.4. The van der Waals surface area contributed by atoms with Crippen LogP contribution in [-0.2, 0) is 9.53 Å². The first-order valence-corrected chi connectivity index (χ1v) is 7.51. The summed E-state index contributed by atoms with van der Waals surface area (Å²) in [5.41, 5.74) is 1.58. The number of fused-ring (bicyclic) bond motifs is 1. The molecule has 126 valence electrons. The van der Waals surface area contributed by atoms with Crippen molar-refractivity contribution in [3.8, 4) is 5.75 Å². The fraction of sp³-hybridized carbons (Fsp3) is 0.278. The largest absolute Gasteiger partial charge is 0.497 e. The molecule has 6 nitrogen and oxygen atoms in total. The topological polar surface area (TPSA) is 77.5 Å². The molecular formula is C18H20N2O4. The van der Waals surface area contributed by atoms with Crippen LogP contribution in [0.5, 0.6) is 5.75 Å². The van der Waals surface area contributed by atoms with Gasteiger partial charge in [0.05, 0.1) is 23.9 Å². The quantitative estimate of drug-likeness (QED) is 0.651. The lowest BCUT2D eigenvalue weighted by atomic mass is 10.1. The van der Waals surface area contributed by atoms with Crippen molar-refractivity contribution in [2.45, 2.75) is 20.0 Å². The Morgan fingerprint density at radius 3 is 2.79 bits per heavy atom. The second kappa shape index (κ2) is 7.59. The number of amides is 1. The maximum absolute atomic E-state index is 12.3. The number of nitrogens with zero attached hydrogens (tertiary/aromatic N) is 1. The molecule has 0 aliphatic rings. The normalized spacial score (nSPS) is 11.6. The van der Waals surface area contributed by atoms with Gasteiger partial charge in [0.15, 0.2) is 6.10 Å². The lowest BCUT2D eigenvalue weighted by Gasteiger charge is -2.14. The molecule has 0 fully saturated rings. The Hall–Kier alpha value is -2.89. The predicted octanol–water partition coefficient (Wildman–Crippen LogP) is 2.40. The first-order valence-electron chi connectivity index (χ1n) is 7.51. The summed E-state index contributed by atoms with van der Waals surface area (Å²) in [4.78, 5) is 28.5. The second-order valence-electron chi connectivity index (χ2n) is 5.26. The Labute approximate surface area is 140 Å². The molecule has 1 amide bonds. The molecule has 0 bridgehead atoms. The average molecular weight is 328 g/mol. The lowest BCUT2D eigenvalue weighted by Crippen LogP contribution is -2.36. The van der Waals surface area contributed by atoms with Gasteiger partial charge in [-0.1, -0.05) is 6.08 Å². The van der Waals surface area contributed by atoms with Crippen molar-refractivity contribution < 1.29 is 19.1 Å². The summed E-state index contributed by atoms with van der Waals surface area (Å²) in [6, 6.07) is 7.11. The number of ether oxygens (including phenoxy) is 2. The van der Waals surface area contributed by atoms with E-state index in [4.69, 9.17) is 9.47 Å². The molecule has 1 aromatic carbocycles. The number of pyridine rings is 1. The molecule has 0 spiro atoms. The van der Waals surface area contributed by atoms with Crippen LogP contribution >= 0.6 is 0 Å². The summed E-state index contributed by atoms with van der Waals surface area (Å²) in [5, 5.41) is 3.37. The maximum Gasteiger partial charge on any atom is 0.340 e. The van der Waals surface area contributed by atoms with Crippen molar-refractivity contribution >= 4 is 22.8 Å². The smallest absolute Gasteiger partial charge is 0.340 e. The van der Waals surface area contributed by atoms with E-state index in [1.807, 2.05) is 6.07 Å². The van der Waals surface area contributed by atoms with Gasteiger partial charge < -0.3 is 14.8 Å². The number of esters is 1. The van der Waals surface area contributed by atoms with Crippen LogP contribution < -0.4 is 10.1 Å². The monoisotopic (exact) mass is 328 g/mol. The van der Waals surface area contributed by atoms with E-state index in [1.165, 1.54) is 6.92 Å². The predicted molar refractivity (Wildman–Crippen MR) is 91.1 cm³/mol. The number of hydrogen-bond donors (Lipinski definition) is 1. The van der Waals surface area contributed by atoms with Crippen molar-refractivity contribution in [3.05, 3.63) is 48.2 Å². The minimum absolute atomic E-state index is 0.319. The average Bonchev–Trinajstić information content (AvgIpc) is 2.58. The number of methoxy groups -OCH3 is 1. The molecule has 0 aliphatic heterocycles. The molecule has 2 rings (SSSR count). The molecular weight excluding hydrogens is 308 g/mol. The van der Waals surface area contributed by atoms with Gasteiger partial charge in [-0.2, -0.15) is 0 Å². The summed E-state index contributed by atoms with van der Waals surface area (Å²) in [6.45, 7) is 7.07. The van der Waals surface area contributed by atoms with E-state index in [1.54, 1.807) is 38.3 Å². The third-order valence-electron chi connectivity index (χ3n) is 3.51. The van der Waals surface area contributed by atoms with Crippen LogP contribution in [0.1, 0.15) is 23.0 Å². The van der Waals surface area contributed by atoms with Gasteiger partial charge in [0.1, 0.15) is 5.75 Å². The van der Waals surface area contributed by atoms with E-state index in [9.17, 15) is 9.59 Å². The number of carbonyl (C=O) groups is 2. The SMILES string of the molecule is C=CCNC(=O)[C@@H](C)OC(=O)c1cc2ccc(OC)cc2nc1C. The van der Waals surface area contributed by atoms with Crippen LogP contribution in [0.2, 0.25) is 0 Å². The minimum Gasteiger partial charge on any atom is -0.497 e. The molecule has 1 heterocycles. The van der Waals surface area contributed by atoms with E-state index >= 15 is 0 Å². The Kier molecular flexibility index (Phi) is 5.52. The molecule has 0 radical (unpaired) electrons. The number of aromatic nitrogens is 1. The van der Waals surface area contributed by atoms with E-state index < -0.39 is 12.1 Å². The molecule has 1 aromatic heterocycles. The van der Waals surface area contributed by atoms with Gasteiger partial charge in [-0.3, -0.25) is 9.78 Å². The number of rotatable bonds is 6. The molecule has 0 aliphatic carbocycles. The highest BCUT2D eigenvalue weighted by atomic mass is 16.5. The molecule has 0 saturated carbocycles. The van der Waals surface area contributed by atoms with Crippen LogP contribution in [0.15, 0.2) is 36.9 Å². The molecule has 6 heteroatoms. The van der Waals surface area contributed by atoms with E-state index in [0.717, 1.165) is 10.9 Å². The first kappa shape index (κ1) is 17.5. The first-order chi connectivity index (χ1) is 11.5. The Bertz CT molecular complexity index is 786. The third kappa shape index (κ3) is 3.90. The zero-order valence-corrected chi connectivity index (χ0v) is 14.0. The summed E-state index contributed by atoms with van der Waals surface area (Å²) in [6.07, 6.45) is 0.654. The van der Waals surface area contributed by atoms with Gasteiger partial charge in [-0.25, -0.2) is 4.79 Å². The highest BCUT2D eigenvalue weighted by molar-refractivity contribution is 5.96. The molecule has 0 saturated heterocycles. The van der Waals surface area contributed by atoms with Crippen LogP contribution in [-0.4, -0.2) is 36.6 Å². The number of carbonyl (C=O) groups excluding carboxylic acids is 2. The van der Waals surface area contributed by atoms with Crippen molar-refractivity contribution in [2.24, 2.45) is 0 Å². The van der Waals surface area contributed by atoms with Crippen molar-refractivity contribution in [2.75, 3.05) is 13.7 Å². The lowest BCUT2D eigenvalue weighted by molar-refractivity contribution is -0.128. The van der Waals surface area contributed by atoms with Crippen molar-refractivity contribution in [3.63, 3.8) is 0 Å². The van der Waals surface area contributed by atoms with Crippen molar-refractivity contribution in [1.29, 1.82) is 0 Å². The van der Waals surface area contributed by atoms with Crippen LogP contribution in [0.4, 0.5) is 0 Å². The van der Waals surface area contributed by atoms with Gasteiger partial charge >= 0.3 is 5.97 Å². The Morgan fingerprint density at radius 1 is 1.38 bits per heavy atom. The highest BCUT2D eigenvalue weighted by Crippen LogP contribution is 2.22. The third-order valence-corrected chi connectivity index (χ3v) is 3.51. The maximum atomic E-state index is 12.3. The minimum atomic E-state index is -0.900. The Balaban J connectivity index is 2.21. The van der Waals surface area contributed by atoms with Crippen LogP contribution in [0.25, 0.3) is 10.9 Å². The van der Waals surface area contributed by atoms with Crippen LogP contribution in [0.3, 0.4) is 0 Å². The Morgan fingerprint density at radius 2 is 2.12 bits per heavy atom. The van der Waals surface area contributed by atoms with Crippen LogP contribution in [0, 0.1) is 6.92 Å². The fourth-order valence-electron chi connectivity index (χ4n) is 2.17. The molecule has 1 atom stereocenters. The van der Waals surface area contributed by atoms with Crippen molar-refractivity contribution in [1.82, 2.24) is 10.3 Å². The molecule has 24 heavy (non-hydrogen) atoms. The zero-order chi connectivity index (χ0) is 17.7. The summed E-state index contributed by atoms with van der Waals surface area (Å²) in [5.74, 6) is -0.268. The van der Waals surface area contributed by atoms with E-state index in [-0.39, 0.29) is 5.91 Å². The van der Waals surface area contributed by atoms with E-state index in [0.29, 0.717) is 23.6 Å². The number of aryl methyl sites for hydroxylation is 1. The van der Waals surface area contributed by atoms with Gasteiger partial charge in [-0.15, -0.1) is 6.58 Å². The second-order valence-corrected chi connectivity index (χ2v) is 5.26. The zero-order valence-electron chi connectivity index (χ0n) is 14.0. The summed E-state index contributed by atoms with van der Waals surface area (Å²) >= 11 is 0. The van der Waals surface area contributed by atoms with Gasteiger partial charge in [-0.05, 0) is 32.0 Å². The number of benzene rings is 1. The van der Waals surface area contributed by atoms with Gasteiger partial charge in [0.2, 0.25) is 0 Å². The molecule has 2 aromatic rings. The van der Waals surface area contributed by atoms with Gasteiger partial charge in [0.25, 0.3) is 5.91 Å². The number of hydrogen-bond acceptors (Lipinski definition) is 5. The molecule has 1 N–H and O–H groups in total.